The van der Waals surface area contributed by atoms with Crippen LogP contribution in [-0.2, 0) is 22.5 Å². The second kappa shape index (κ2) is 6.83. The van der Waals surface area contributed by atoms with E-state index in [1.54, 1.807) is 13.4 Å². The SMILES string of the molecule is COCCn1cnnc1CC1(C(=O)O)CCCCCC1. The summed E-state index contributed by atoms with van der Waals surface area (Å²) in [6, 6.07) is 0. The maximum absolute atomic E-state index is 11.8. The van der Waals surface area contributed by atoms with Gasteiger partial charge in [0.1, 0.15) is 12.2 Å². The second-order valence-electron chi connectivity index (χ2n) is 5.61. The first kappa shape index (κ1) is 15.0. The van der Waals surface area contributed by atoms with Crippen molar-refractivity contribution in [1.82, 2.24) is 14.8 Å². The van der Waals surface area contributed by atoms with Gasteiger partial charge in [-0.3, -0.25) is 4.79 Å². The summed E-state index contributed by atoms with van der Waals surface area (Å²) in [7, 11) is 1.65. The van der Waals surface area contributed by atoms with Crippen LogP contribution in [-0.4, -0.2) is 39.6 Å². The molecule has 0 amide bonds. The van der Waals surface area contributed by atoms with E-state index in [1.165, 1.54) is 0 Å². The molecule has 1 aliphatic rings. The Morgan fingerprint density at radius 1 is 1.40 bits per heavy atom. The summed E-state index contributed by atoms with van der Waals surface area (Å²) in [5.74, 6) is 0.0621. The van der Waals surface area contributed by atoms with Crippen molar-refractivity contribution in [3.63, 3.8) is 0 Å². The normalized spacial score (nSPS) is 18.6. The molecule has 20 heavy (non-hydrogen) atoms. The van der Waals surface area contributed by atoms with E-state index in [1.807, 2.05) is 4.57 Å². The van der Waals surface area contributed by atoms with Crippen LogP contribution in [0.25, 0.3) is 0 Å². The minimum Gasteiger partial charge on any atom is -0.481 e. The summed E-state index contributed by atoms with van der Waals surface area (Å²) < 4.78 is 6.96. The maximum atomic E-state index is 11.8. The molecule has 2 rings (SSSR count). The van der Waals surface area contributed by atoms with Crippen LogP contribution in [0.15, 0.2) is 6.33 Å². The maximum Gasteiger partial charge on any atom is 0.310 e. The molecule has 0 atom stereocenters. The number of aromatic nitrogens is 3. The van der Waals surface area contributed by atoms with Gasteiger partial charge in [-0.2, -0.15) is 0 Å². The topological polar surface area (TPSA) is 77.2 Å². The highest BCUT2D eigenvalue weighted by molar-refractivity contribution is 5.75. The van der Waals surface area contributed by atoms with Gasteiger partial charge in [-0.1, -0.05) is 25.7 Å². The van der Waals surface area contributed by atoms with Crippen LogP contribution >= 0.6 is 0 Å². The van der Waals surface area contributed by atoms with E-state index < -0.39 is 11.4 Å². The van der Waals surface area contributed by atoms with E-state index in [0.717, 1.165) is 44.3 Å². The molecule has 0 aromatic carbocycles. The molecule has 0 radical (unpaired) electrons. The summed E-state index contributed by atoms with van der Waals surface area (Å²) in [4.78, 5) is 11.8. The average Bonchev–Trinajstić information content (AvgIpc) is 2.71. The van der Waals surface area contributed by atoms with Crippen molar-refractivity contribution in [3.8, 4) is 0 Å². The Morgan fingerprint density at radius 2 is 2.10 bits per heavy atom. The first-order chi connectivity index (χ1) is 9.68. The zero-order valence-electron chi connectivity index (χ0n) is 12.0. The van der Waals surface area contributed by atoms with Crippen LogP contribution in [0, 0.1) is 5.41 Å². The van der Waals surface area contributed by atoms with Crippen molar-refractivity contribution in [2.45, 2.75) is 51.5 Å². The lowest BCUT2D eigenvalue weighted by atomic mass is 9.77. The Kier molecular flexibility index (Phi) is 5.11. The van der Waals surface area contributed by atoms with Gasteiger partial charge >= 0.3 is 5.97 Å². The van der Waals surface area contributed by atoms with Gasteiger partial charge in [-0.15, -0.1) is 10.2 Å². The zero-order valence-corrected chi connectivity index (χ0v) is 12.0. The minimum absolute atomic E-state index is 0.464. The highest BCUT2D eigenvalue weighted by Gasteiger charge is 2.40. The predicted octanol–water partition coefficient (Wildman–Crippen LogP) is 1.89. The van der Waals surface area contributed by atoms with Gasteiger partial charge in [0.05, 0.1) is 12.0 Å². The average molecular weight is 281 g/mol. The number of nitrogens with zero attached hydrogens (tertiary/aromatic N) is 3. The van der Waals surface area contributed by atoms with E-state index in [0.29, 0.717) is 19.6 Å². The predicted molar refractivity (Wildman–Crippen MR) is 73.4 cm³/mol. The van der Waals surface area contributed by atoms with Crippen LogP contribution in [0.2, 0.25) is 0 Å². The van der Waals surface area contributed by atoms with E-state index in [4.69, 9.17) is 4.74 Å². The Labute approximate surface area is 119 Å². The third-order valence-electron chi connectivity index (χ3n) is 4.24. The fraction of sp³-hybridized carbons (Fsp3) is 0.786. The smallest absolute Gasteiger partial charge is 0.310 e. The van der Waals surface area contributed by atoms with Crippen LogP contribution in [0.4, 0.5) is 0 Å². The van der Waals surface area contributed by atoms with E-state index >= 15 is 0 Å². The molecule has 1 aliphatic carbocycles. The van der Waals surface area contributed by atoms with Gasteiger partial charge < -0.3 is 14.4 Å². The number of ether oxygens (including phenoxy) is 1. The number of rotatable bonds is 6. The third-order valence-corrected chi connectivity index (χ3v) is 4.24. The molecule has 1 heterocycles. The number of carboxylic acids is 1. The van der Waals surface area contributed by atoms with Gasteiger partial charge in [0, 0.05) is 20.1 Å². The largest absolute Gasteiger partial charge is 0.481 e. The summed E-state index contributed by atoms with van der Waals surface area (Å²) >= 11 is 0. The molecule has 0 unspecified atom stereocenters. The first-order valence-corrected chi connectivity index (χ1v) is 7.27. The monoisotopic (exact) mass is 281 g/mol. The molecule has 6 heteroatoms. The molecular formula is C14H23N3O3. The van der Waals surface area contributed by atoms with E-state index in [-0.39, 0.29) is 0 Å². The fourth-order valence-electron chi connectivity index (χ4n) is 2.97. The summed E-state index contributed by atoms with van der Waals surface area (Å²) in [5, 5.41) is 17.7. The minimum atomic E-state index is -0.694. The van der Waals surface area contributed by atoms with Crippen molar-refractivity contribution >= 4 is 5.97 Å². The van der Waals surface area contributed by atoms with Crippen LogP contribution < -0.4 is 0 Å². The van der Waals surface area contributed by atoms with Gasteiger partial charge in [0.2, 0.25) is 0 Å². The Morgan fingerprint density at radius 3 is 2.70 bits per heavy atom. The van der Waals surface area contributed by atoms with Gasteiger partial charge in [-0.05, 0) is 12.8 Å². The molecule has 1 saturated carbocycles. The molecule has 1 fully saturated rings. The standard InChI is InChI=1S/C14H23N3O3/c1-20-9-8-17-11-15-16-12(17)10-14(13(18)19)6-4-2-3-5-7-14/h11H,2-10H2,1H3,(H,18,19). The zero-order chi connectivity index (χ0) is 14.4. The molecule has 112 valence electrons. The van der Waals surface area contributed by atoms with Crippen LogP contribution in [0.1, 0.15) is 44.3 Å². The fourth-order valence-corrected chi connectivity index (χ4v) is 2.97. The highest BCUT2D eigenvalue weighted by atomic mass is 16.5. The number of hydrogen-bond acceptors (Lipinski definition) is 4. The first-order valence-electron chi connectivity index (χ1n) is 7.27. The van der Waals surface area contributed by atoms with Gasteiger partial charge in [0.15, 0.2) is 0 Å². The number of methoxy groups -OCH3 is 1. The number of carboxylic acid groups (broad SMARTS) is 1. The van der Waals surface area contributed by atoms with Crippen molar-refractivity contribution < 1.29 is 14.6 Å². The molecule has 1 aromatic rings. The molecule has 6 nitrogen and oxygen atoms in total. The van der Waals surface area contributed by atoms with E-state index in [2.05, 4.69) is 10.2 Å². The van der Waals surface area contributed by atoms with Gasteiger partial charge in [-0.25, -0.2) is 0 Å². The summed E-state index contributed by atoms with van der Waals surface area (Å²) in [6.07, 6.45) is 7.82. The van der Waals surface area contributed by atoms with Crippen molar-refractivity contribution in [3.05, 3.63) is 12.2 Å². The highest BCUT2D eigenvalue weighted by Crippen LogP contribution is 2.38. The van der Waals surface area contributed by atoms with Crippen LogP contribution in [0.3, 0.4) is 0 Å². The van der Waals surface area contributed by atoms with Crippen molar-refractivity contribution in [2.24, 2.45) is 5.41 Å². The lowest BCUT2D eigenvalue weighted by Crippen LogP contribution is -2.34. The molecule has 0 bridgehead atoms. The second-order valence-corrected chi connectivity index (χ2v) is 5.61. The molecule has 0 aliphatic heterocycles. The van der Waals surface area contributed by atoms with Crippen molar-refractivity contribution in [2.75, 3.05) is 13.7 Å². The van der Waals surface area contributed by atoms with Crippen molar-refractivity contribution in [1.29, 1.82) is 0 Å². The Hall–Kier alpha value is -1.43. The lowest BCUT2D eigenvalue weighted by molar-refractivity contribution is -0.150. The summed E-state index contributed by atoms with van der Waals surface area (Å²) in [6.45, 7) is 1.24. The Balaban J connectivity index is 2.15. The third kappa shape index (κ3) is 3.36. The Bertz CT molecular complexity index is 437. The molecule has 0 spiro atoms. The molecule has 1 aromatic heterocycles. The molecule has 0 saturated heterocycles. The van der Waals surface area contributed by atoms with Crippen LogP contribution in [0.5, 0.6) is 0 Å². The van der Waals surface area contributed by atoms with Gasteiger partial charge in [0.25, 0.3) is 0 Å². The molecule has 1 N–H and O–H groups in total. The molecular weight excluding hydrogens is 258 g/mol. The number of carbonyl (C=O) groups is 1. The number of hydrogen-bond donors (Lipinski definition) is 1. The quantitative estimate of drug-likeness (QED) is 0.806. The van der Waals surface area contributed by atoms with E-state index in [9.17, 15) is 9.90 Å². The number of aliphatic carboxylic acids is 1. The lowest BCUT2D eigenvalue weighted by Gasteiger charge is -2.27. The summed E-state index contributed by atoms with van der Waals surface area (Å²) in [5.41, 5.74) is -0.672.